The minimum absolute atomic E-state index is 0.149. The Kier molecular flexibility index (Phi) is 23.2. The highest BCUT2D eigenvalue weighted by atomic mass is 16.4. The minimum atomic E-state index is -0.793. The Labute approximate surface area is 287 Å². The summed E-state index contributed by atoms with van der Waals surface area (Å²) in [5.41, 5.74) is 6.70. The number of nitrogens with two attached hydrogens (primary N) is 1. The highest BCUT2D eigenvalue weighted by molar-refractivity contribution is 5.92. The first-order valence-corrected chi connectivity index (χ1v) is 16.7. The molecule has 0 aliphatic carbocycles. The Balaban J connectivity index is 0.00000116. The molecule has 0 bridgehead atoms. The van der Waals surface area contributed by atoms with Crippen molar-refractivity contribution in [1.82, 2.24) is 26.6 Å². The molecule has 48 heavy (non-hydrogen) atoms. The third-order valence-corrected chi connectivity index (χ3v) is 7.17. The summed E-state index contributed by atoms with van der Waals surface area (Å²) in [5, 5.41) is 23.1. The van der Waals surface area contributed by atoms with Crippen molar-refractivity contribution in [3.05, 3.63) is 73.0 Å². The fraction of sp³-hybridized carbons (Fsp3) is 0.528. The molecule has 268 valence electrons. The van der Waals surface area contributed by atoms with Crippen molar-refractivity contribution in [2.75, 3.05) is 13.6 Å². The molecular formula is C36H59N7O5. The zero-order valence-corrected chi connectivity index (χ0v) is 29.7. The first-order chi connectivity index (χ1) is 22.9. The van der Waals surface area contributed by atoms with Gasteiger partial charge in [-0.1, -0.05) is 95.8 Å². The van der Waals surface area contributed by atoms with Gasteiger partial charge < -0.3 is 42.2 Å². The Hall–Kier alpha value is -4.45. The lowest BCUT2D eigenvalue weighted by Gasteiger charge is -2.31. The first kappa shape index (κ1) is 43.5. The standard InChI is InChI=1S/C23H34N6O3.C11H19NO2.C2H6/c1-4-25-20(18-10-11-26-23(24)29-18)22(32)28-19(12-15(2)3)21(31)27-17(14-30)13-16-8-6-5-7-9-16;1-4-5-6-7-9(2)8-10(12-3)11(13)14;1-2/h4-9,14-15,17-20,25H,1,10-13H2,2-3H3,(H,27,31)(H,28,32)(H3,24,26,29);4-7,9-10,12H,8H2,1-3H3,(H,13,14);1-2H3/b;5-4-,7-6-;. The lowest BCUT2D eigenvalue weighted by atomic mass is 9.99. The number of hydrogen-bond donors (Lipinski definition) is 7. The molecule has 8 N–H and O–H groups in total. The van der Waals surface area contributed by atoms with Gasteiger partial charge in [0.15, 0.2) is 5.96 Å². The monoisotopic (exact) mass is 669 g/mol. The summed E-state index contributed by atoms with van der Waals surface area (Å²) < 4.78 is 0. The maximum absolute atomic E-state index is 13.1. The lowest BCUT2D eigenvalue weighted by molar-refractivity contribution is -0.139. The van der Waals surface area contributed by atoms with Crippen molar-refractivity contribution in [1.29, 1.82) is 0 Å². The molecule has 2 amide bonds. The van der Waals surface area contributed by atoms with Gasteiger partial charge >= 0.3 is 5.97 Å². The number of guanidine groups is 1. The molecule has 0 saturated heterocycles. The number of aldehydes is 1. The Morgan fingerprint density at radius 3 is 2.25 bits per heavy atom. The molecule has 2 rings (SSSR count). The number of carbonyl (C=O) groups is 4. The maximum atomic E-state index is 13.1. The molecule has 1 aliphatic heterocycles. The van der Waals surface area contributed by atoms with Crippen LogP contribution in [0.2, 0.25) is 0 Å². The summed E-state index contributed by atoms with van der Waals surface area (Å²) in [6.45, 7) is 16.0. The summed E-state index contributed by atoms with van der Waals surface area (Å²) in [6.07, 6.45) is 12.0. The van der Waals surface area contributed by atoms with Gasteiger partial charge in [0.05, 0.1) is 12.1 Å². The van der Waals surface area contributed by atoms with Gasteiger partial charge in [-0.3, -0.25) is 19.4 Å². The molecular weight excluding hydrogens is 610 g/mol. The number of carboxylic acid groups (broad SMARTS) is 1. The molecule has 0 saturated carbocycles. The van der Waals surface area contributed by atoms with Gasteiger partial charge in [0.2, 0.25) is 11.8 Å². The second-order valence-corrected chi connectivity index (χ2v) is 11.6. The molecule has 1 aromatic carbocycles. The van der Waals surface area contributed by atoms with Crippen LogP contribution in [-0.2, 0) is 25.6 Å². The number of aliphatic imine (C=N–C) groups is 1. The fourth-order valence-corrected chi connectivity index (χ4v) is 4.79. The number of aliphatic carboxylic acids is 1. The molecule has 12 heteroatoms. The van der Waals surface area contributed by atoms with Crippen LogP contribution in [0.1, 0.15) is 66.4 Å². The molecule has 0 fully saturated rings. The average Bonchev–Trinajstić information content (AvgIpc) is 3.06. The predicted octanol–water partition coefficient (Wildman–Crippen LogP) is 3.07. The fourth-order valence-electron chi connectivity index (χ4n) is 4.79. The van der Waals surface area contributed by atoms with Crippen LogP contribution in [0, 0.1) is 11.8 Å². The van der Waals surface area contributed by atoms with Crippen LogP contribution < -0.4 is 32.3 Å². The smallest absolute Gasteiger partial charge is 0.320 e. The highest BCUT2D eigenvalue weighted by Gasteiger charge is 2.33. The van der Waals surface area contributed by atoms with Crippen LogP contribution in [0.4, 0.5) is 0 Å². The van der Waals surface area contributed by atoms with E-state index in [4.69, 9.17) is 10.8 Å². The van der Waals surface area contributed by atoms with E-state index < -0.39 is 36.0 Å². The van der Waals surface area contributed by atoms with Gasteiger partial charge in [-0.2, -0.15) is 0 Å². The Morgan fingerprint density at radius 1 is 1.06 bits per heavy atom. The van der Waals surface area contributed by atoms with Crippen molar-refractivity contribution in [3.8, 4) is 0 Å². The third-order valence-electron chi connectivity index (χ3n) is 7.17. The van der Waals surface area contributed by atoms with E-state index in [1.54, 1.807) is 7.05 Å². The van der Waals surface area contributed by atoms with Crippen molar-refractivity contribution >= 4 is 30.0 Å². The number of carboxylic acids is 1. The van der Waals surface area contributed by atoms with E-state index >= 15 is 0 Å². The second-order valence-electron chi connectivity index (χ2n) is 11.6. The second kappa shape index (κ2) is 25.6. The van der Waals surface area contributed by atoms with Gasteiger partial charge in [0.1, 0.15) is 24.4 Å². The van der Waals surface area contributed by atoms with E-state index in [0.29, 0.717) is 32.2 Å². The van der Waals surface area contributed by atoms with E-state index in [1.807, 2.05) is 96.2 Å². The van der Waals surface area contributed by atoms with Gasteiger partial charge in [0, 0.05) is 6.54 Å². The summed E-state index contributed by atoms with van der Waals surface area (Å²) in [6, 6.07) is 6.53. The topological polar surface area (TPSA) is 187 Å². The minimum Gasteiger partial charge on any atom is -0.480 e. The summed E-state index contributed by atoms with van der Waals surface area (Å²) in [7, 11) is 1.67. The van der Waals surface area contributed by atoms with Crippen LogP contribution in [0.25, 0.3) is 0 Å². The first-order valence-electron chi connectivity index (χ1n) is 16.7. The number of carbonyl (C=O) groups excluding carboxylic acids is 3. The van der Waals surface area contributed by atoms with Crippen molar-refractivity contribution in [2.24, 2.45) is 22.6 Å². The Bertz CT molecular complexity index is 1190. The van der Waals surface area contributed by atoms with Crippen LogP contribution in [0.5, 0.6) is 0 Å². The highest BCUT2D eigenvalue weighted by Crippen LogP contribution is 2.10. The number of hydrogen-bond acceptors (Lipinski definition) is 9. The molecule has 6 unspecified atom stereocenters. The van der Waals surface area contributed by atoms with Crippen molar-refractivity contribution in [3.63, 3.8) is 0 Å². The zero-order chi connectivity index (χ0) is 36.5. The summed E-state index contributed by atoms with van der Waals surface area (Å²) >= 11 is 0. The zero-order valence-electron chi connectivity index (χ0n) is 29.7. The number of allylic oxidation sites excluding steroid dienone is 4. The molecule has 0 radical (unpaired) electrons. The van der Waals surface area contributed by atoms with E-state index in [0.717, 1.165) is 11.8 Å². The van der Waals surface area contributed by atoms with E-state index in [1.165, 1.54) is 6.20 Å². The predicted molar refractivity (Wildman–Crippen MR) is 194 cm³/mol. The number of nitrogens with one attached hydrogen (secondary N) is 5. The van der Waals surface area contributed by atoms with E-state index in [9.17, 15) is 19.2 Å². The van der Waals surface area contributed by atoms with Crippen LogP contribution >= 0.6 is 0 Å². The summed E-state index contributed by atoms with van der Waals surface area (Å²) in [4.78, 5) is 52.5. The largest absolute Gasteiger partial charge is 0.480 e. The quantitative estimate of drug-likeness (QED) is 0.0911. The van der Waals surface area contributed by atoms with Gasteiger partial charge in [-0.15, -0.1) is 0 Å². The number of likely N-dealkylation sites (N-methyl/N-ethyl adjacent to an activating group) is 1. The van der Waals surface area contributed by atoms with Gasteiger partial charge in [-0.25, -0.2) is 0 Å². The molecule has 1 aromatic rings. The molecule has 1 aliphatic rings. The molecule has 0 aromatic heterocycles. The number of rotatable bonds is 18. The normalized spacial score (nSPS) is 17.1. The number of benzene rings is 1. The number of amides is 2. The van der Waals surface area contributed by atoms with E-state index in [-0.39, 0.29) is 29.7 Å². The Morgan fingerprint density at radius 2 is 1.73 bits per heavy atom. The molecule has 6 atom stereocenters. The van der Waals surface area contributed by atoms with Gasteiger partial charge in [0.25, 0.3) is 0 Å². The maximum Gasteiger partial charge on any atom is 0.320 e. The van der Waals surface area contributed by atoms with Crippen LogP contribution in [-0.4, -0.2) is 78.9 Å². The molecule has 12 nitrogen and oxygen atoms in total. The third kappa shape index (κ3) is 18.0. The van der Waals surface area contributed by atoms with Crippen molar-refractivity contribution < 1.29 is 24.3 Å². The average molecular weight is 670 g/mol. The SMILES string of the molecule is C/C=C\C=C/C(C)CC(NC)C(=O)O.C=CNC(C(=O)NC(CC(C)C)C(=O)NC(C=O)Cc1ccccc1)C1CCN=C(N)N1.CC. The molecule has 1 heterocycles. The van der Waals surface area contributed by atoms with Gasteiger partial charge in [-0.05, 0) is 63.3 Å². The van der Waals surface area contributed by atoms with Crippen molar-refractivity contribution in [2.45, 2.75) is 97.4 Å². The summed E-state index contributed by atoms with van der Waals surface area (Å²) in [5.74, 6) is -0.857. The van der Waals surface area contributed by atoms with Crippen LogP contribution in [0.3, 0.4) is 0 Å². The van der Waals surface area contributed by atoms with E-state index in [2.05, 4.69) is 38.2 Å². The molecule has 0 spiro atoms. The lowest BCUT2D eigenvalue weighted by Crippen LogP contribution is -2.61. The van der Waals surface area contributed by atoms with Crippen LogP contribution in [0.15, 0.2) is 72.4 Å². The number of nitrogens with zero attached hydrogens (tertiary/aromatic N) is 1.